The van der Waals surface area contributed by atoms with Gasteiger partial charge in [-0.2, -0.15) is 0 Å². The minimum Gasteiger partial charge on any atom is -0.361 e. The molecule has 0 bridgehead atoms. The molecule has 2 aromatic heterocycles. The van der Waals surface area contributed by atoms with E-state index in [1.165, 1.54) is 12.5 Å². The molecule has 1 amide bonds. The highest BCUT2D eigenvalue weighted by atomic mass is 35.5. The lowest BCUT2D eigenvalue weighted by atomic mass is 10.2. The molecule has 2 aromatic rings. The summed E-state index contributed by atoms with van der Waals surface area (Å²) >= 11 is 11.5. The van der Waals surface area contributed by atoms with Crippen LogP contribution >= 0.6 is 23.2 Å². The Kier molecular flexibility index (Phi) is 3.26. The molecular formula is C9H6Cl2N4O2. The smallest absolute Gasteiger partial charge is 0.262 e. The third-order valence-electron chi connectivity index (χ3n) is 1.97. The van der Waals surface area contributed by atoms with Crippen molar-refractivity contribution in [2.24, 2.45) is 0 Å². The Bertz CT molecular complexity index is 570. The molecule has 0 aliphatic heterocycles. The first kappa shape index (κ1) is 11.8. The van der Waals surface area contributed by atoms with Crippen LogP contribution in [0, 0.1) is 6.92 Å². The number of nitrogens with one attached hydrogen (secondary N) is 1. The molecule has 0 aliphatic carbocycles. The maximum atomic E-state index is 11.8. The summed E-state index contributed by atoms with van der Waals surface area (Å²) in [6.07, 6.45) is 2.51. The topological polar surface area (TPSA) is 80.9 Å². The number of carbonyl (C=O) groups excluding carboxylic acids is 1. The molecule has 0 saturated carbocycles. The van der Waals surface area contributed by atoms with Crippen molar-refractivity contribution < 1.29 is 9.32 Å². The van der Waals surface area contributed by atoms with E-state index in [0.29, 0.717) is 11.3 Å². The maximum absolute atomic E-state index is 11.8. The van der Waals surface area contributed by atoms with Crippen molar-refractivity contribution in [1.82, 2.24) is 15.1 Å². The second-order valence-corrected chi connectivity index (χ2v) is 3.81. The lowest BCUT2D eigenvalue weighted by Gasteiger charge is -2.04. The molecule has 0 unspecified atom stereocenters. The molecular weight excluding hydrogens is 267 g/mol. The summed E-state index contributed by atoms with van der Waals surface area (Å²) in [5.41, 5.74) is 0.302. The first-order chi connectivity index (χ1) is 8.09. The molecule has 0 aliphatic rings. The molecule has 6 nitrogen and oxygen atoms in total. The van der Waals surface area contributed by atoms with Gasteiger partial charge < -0.3 is 9.84 Å². The van der Waals surface area contributed by atoms with Crippen LogP contribution in [0.4, 0.5) is 5.82 Å². The van der Waals surface area contributed by atoms with Gasteiger partial charge in [0, 0.05) is 0 Å². The number of carbonyl (C=O) groups is 1. The Morgan fingerprint density at radius 2 is 2.18 bits per heavy atom. The van der Waals surface area contributed by atoms with Crippen molar-refractivity contribution in [3.63, 3.8) is 0 Å². The van der Waals surface area contributed by atoms with Gasteiger partial charge in [-0.1, -0.05) is 28.4 Å². The number of hydrogen-bond donors (Lipinski definition) is 1. The van der Waals surface area contributed by atoms with Crippen LogP contribution in [0.25, 0.3) is 0 Å². The summed E-state index contributed by atoms with van der Waals surface area (Å²) < 4.78 is 4.77. The third-order valence-corrected chi connectivity index (χ3v) is 2.72. The van der Waals surface area contributed by atoms with Gasteiger partial charge in [-0.3, -0.25) is 4.79 Å². The van der Waals surface area contributed by atoms with E-state index in [2.05, 4.69) is 20.4 Å². The monoisotopic (exact) mass is 272 g/mol. The molecule has 2 rings (SSSR count). The first-order valence-electron chi connectivity index (χ1n) is 4.48. The molecule has 0 spiro atoms. The fourth-order valence-corrected chi connectivity index (χ4v) is 1.41. The van der Waals surface area contributed by atoms with Crippen molar-refractivity contribution in [2.75, 3.05) is 5.32 Å². The molecule has 17 heavy (non-hydrogen) atoms. The number of aryl methyl sites for hydroxylation is 1. The Labute approximate surface area is 106 Å². The van der Waals surface area contributed by atoms with E-state index >= 15 is 0 Å². The molecule has 0 fully saturated rings. The van der Waals surface area contributed by atoms with Crippen LogP contribution in [0.3, 0.4) is 0 Å². The van der Waals surface area contributed by atoms with E-state index < -0.39 is 5.91 Å². The van der Waals surface area contributed by atoms with Crippen molar-refractivity contribution in [3.05, 3.63) is 34.0 Å². The van der Waals surface area contributed by atoms with Crippen LogP contribution in [0.2, 0.25) is 10.2 Å². The van der Waals surface area contributed by atoms with E-state index in [1.807, 2.05) is 0 Å². The summed E-state index contributed by atoms with van der Waals surface area (Å²) in [5.74, 6) is 0.108. The molecule has 0 atom stereocenters. The summed E-state index contributed by atoms with van der Waals surface area (Å²) in [6.45, 7) is 1.62. The molecule has 88 valence electrons. The zero-order valence-electron chi connectivity index (χ0n) is 8.57. The minimum atomic E-state index is -0.430. The van der Waals surface area contributed by atoms with Gasteiger partial charge in [0.05, 0.1) is 6.20 Å². The molecule has 0 saturated heterocycles. The third kappa shape index (κ3) is 2.37. The van der Waals surface area contributed by atoms with Gasteiger partial charge in [0.15, 0.2) is 11.0 Å². The fraction of sp³-hybridized carbons (Fsp3) is 0.111. The summed E-state index contributed by atoms with van der Waals surface area (Å²) in [7, 11) is 0. The predicted molar refractivity (Wildman–Crippen MR) is 61.2 cm³/mol. The standard InChI is InChI=1S/C9H6Cl2N4O2/c1-4-5(2-14-17-4)9(16)15-8-6(10)7(11)12-3-13-8/h2-3H,1H3,(H,12,13,15,16). The van der Waals surface area contributed by atoms with Crippen molar-refractivity contribution >= 4 is 34.9 Å². The van der Waals surface area contributed by atoms with E-state index in [4.69, 9.17) is 27.7 Å². The quantitative estimate of drug-likeness (QED) is 0.849. The minimum absolute atomic E-state index is 0.0685. The fourth-order valence-electron chi connectivity index (χ4n) is 1.13. The largest absolute Gasteiger partial charge is 0.361 e. The highest BCUT2D eigenvalue weighted by Gasteiger charge is 2.16. The van der Waals surface area contributed by atoms with Gasteiger partial charge in [0.2, 0.25) is 0 Å². The highest BCUT2D eigenvalue weighted by Crippen LogP contribution is 2.25. The summed E-state index contributed by atoms with van der Waals surface area (Å²) in [4.78, 5) is 19.3. The number of halogens is 2. The van der Waals surface area contributed by atoms with Gasteiger partial charge in [-0.05, 0) is 6.92 Å². The Balaban J connectivity index is 2.25. The molecule has 0 radical (unpaired) electrons. The highest BCUT2D eigenvalue weighted by molar-refractivity contribution is 6.43. The molecule has 2 heterocycles. The van der Waals surface area contributed by atoms with Gasteiger partial charge in [-0.15, -0.1) is 0 Å². The number of aromatic nitrogens is 3. The SMILES string of the molecule is Cc1oncc1C(=O)Nc1ncnc(Cl)c1Cl. The van der Waals surface area contributed by atoms with Crippen LogP contribution in [-0.4, -0.2) is 21.0 Å². The van der Waals surface area contributed by atoms with E-state index in [9.17, 15) is 4.79 Å². The van der Waals surface area contributed by atoms with Gasteiger partial charge >= 0.3 is 0 Å². The van der Waals surface area contributed by atoms with Gasteiger partial charge in [0.25, 0.3) is 5.91 Å². The Morgan fingerprint density at radius 3 is 2.82 bits per heavy atom. The number of anilines is 1. The second-order valence-electron chi connectivity index (χ2n) is 3.08. The van der Waals surface area contributed by atoms with Crippen LogP contribution in [0.15, 0.2) is 17.0 Å². The molecule has 1 N–H and O–H groups in total. The predicted octanol–water partition coefficient (Wildman–Crippen LogP) is 2.33. The van der Waals surface area contributed by atoms with Crippen LogP contribution in [-0.2, 0) is 0 Å². The zero-order chi connectivity index (χ0) is 12.4. The summed E-state index contributed by atoms with van der Waals surface area (Å²) in [6, 6.07) is 0. The maximum Gasteiger partial charge on any atom is 0.262 e. The van der Waals surface area contributed by atoms with E-state index in [-0.39, 0.29) is 16.0 Å². The zero-order valence-corrected chi connectivity index (χ0v) is 10.1. The average Bonchev–Trinajstić information content (AvgIpc) is 2.71. The van der Waals surface area contributed by atoms with Crippen LogP contribution in [0.1, 0.15) is 16.1 Å². The van der Waals surface area contributed by atoms with Crippen LogP contribution in [0.5, 0.6) is 0 Å². The lowest BCUT2D eigenvalue weighted by Crippen LogP contribution is -2.13. The first-order valence-corrected chi connectivity index (χ1v) is 5.24. The number of amides is 1. The Morgan fingerprint density at radius 1 is 1.41 bits per heavy atom. The van der Waals surface area contributed by atoms with Crippen molar-refractivity contribution in [2.45, 2.75) is 6.92 Å². The number of nitrogens with zero attached hydrogens (tertiary/aromatic N) is 3. The lowest BCUT2D eigenvalue weighted by molar-refractivity contribution is 0.102. The second kappa shape index (κ2) is 4.68. The van der Waals surface area contributed by atoms with Crippen LogP contribution < -0.4 is 5.32 Å². The van der Waals surface area contributed by atoms with Crippen molar-refractivity contribution in [3.8, 4) is 0 Å². The summed E-state index contributed by atoms with van der Waals surface area (Å²) in [5, 5.41) is 6.13. The van der Waals surface area contributed by atoms with E-state index in [0.717, 1.165) is 0 Å². The number of hydrogen-bond acceptors (Lipinski definition) is 5. The molecule has 8 heteroatoms. The number of rotatable bonds is 2. The van der Waals surface area contributed by atoms with Gasteiger partial charge in [-0.25, -0.2) is 9.97 Å². The normalized spacial score (nSPS) is 10.3. The average molecular weight is 273 g/mol. The van der Waals surface area contributed by atoms with Gasteiger partial charge in [0.1, 0.15) is 22.7 Å². The van der Waals surface area contributed by atoms with Crippen molar-refractivity contribution in [1.29, 1.82) is 0 Å². The Hall–Kier alpha value is -1.66. The van der Waals surface area contributed by atoms with E-state index in [1.54, 1.807) is 6.92 Å². The molecule has 0 aromatic carbocycles.